The predicted octanol–water partition coefficient (Wildman–Crippen LogP) is 22.4. The largest absolute Gasteiger partial charge is 0.756 e. The highest BCUT2D eigenvalue weighted by molar-refractivity contribution is 7.45. The maximum absolute atomic E-state index is 13.1. The lowest BCUT2D eigenvalue weighted by atomic mass is 10.0. The van der Waals surface area contributed by atoms with Gasteiger partial charge in [-0.3, -0.25) is 9.36 Å². The number of aliphatic hydroxyl groups excluding tert-OH is 1. The number of likely N-dealkylation sites (N-methyl/N-ethyl adjacent to an activating group) is 1. The first-order valence-electron chi connectivity index (χ1n) is 35.5. The van der Waals surface area contributed by atoms with Gasteiger partial charge in [0.2, 0.25) is 5.91 Å². The van der Waals surface area contributed by atoms with Crippen molar-refractivity contribution in [3.05, 3.63) is 134 Å². The summed E-state index contributed by atoms with van der Waals surface area (Å²) in [6.07, 6.45) is 99.5. The molecule has 3 unspecified atom stereocenters. The maximum atomic E-state index is 13.1. The van der Waals surface area contributed by atoms with Gasteiger partial charge in [0.1, 0.15) is 13.2 Å². The quantitative estimate of drug-likeness (QED) is 0.0272. The van der Waals surface area contributed by atoms with Crippen LogP contribution in [0.4, 0.5) is 0 Å². The van der Waals surface area contributed by atoms with Gasteiger partial charge in [0.15, 0.2) is 0 Å². The molecule has 0 aromatic carbocycles. The molecule has 0 bridgehead atoms. The summed E-state index contributed by atoms with van der Waals surface area (Å²) in [5.74, 6) is -0.178. The third-order valence-electron chi connectivity index (χ3n) is 15.4. The number of phosphoric acid groups is 1. The second-order valence-corrected chi connectivity index (χ2v) is 26.3. The minimum atomic E-state index is -4.59. The molecule has 0 fully saturated rings. The number of rotatable bonds is 64. The number of nitrogens with zero attached hydrogens (tertiary/aromatic N) is 1. The molecule has 0 aliphatic heterocycles. The fourth-order valence-electron chi connectivity index (χ4n) is 9.93. The van der Waals surface area contributed by atoms with Crippen LogP contribution in [0.5, 0.6) is 0 Å². The van der Waals surface area contributed by atoms with Crippen molar-refractivity contribution in [1.82, 2.24) is 5.32 Å². The zero-order valence-electron chi connectivity index (χ0n) is 56.5. The molecule has 0 spiro atoms. The Labute approximate surface area is 532 Å². The normalized spacial score (nSPS) is 14.5. The summed E-state index contributed by atoms with van der Waals surface area (Å²) < 4.78 is 23.5. The fraction of sp³-hybridized carbons (Fsp3) is 0.701. The maximum Gasteiger partial charge on any atom is 0.268 e. The van der Waals surface area contributed by atoms with Crippen molar-refractivity contribution in [1.29, 1.82) is 0 Å². The first kappa shape index (κ1) is 82.6. The van der Waals surface area contributed by atoms with Crippen LogP contribution in [0.25, 0.3) is 0 Å². The van der Waals surface area contributed by atoms with Crippen molar-refractivity contribution in [3.63, 3.8) is 0 Å². The zero-order chi connectivity index (χ0) is 62.6. The van der Waals surface area contributed by atoms with Crippen LogP contribution in [0.15, 0.2) is 134 Å². The molecule has 8 nitrogen and oxygen atoms in total. The first-order chi connectivity index (χ1) is 42.0. The molecule has 0 aliphatic rings. The number of carbonyl (C=O) groups is 1. The van der Waals surface area contributed by atoms with Crippen molar-refractivity contribution in [2.75, 3.05) is 40.9 Å². The predicted molar refractivity (Wildman–Crippen MR) is 375 cm³/mol. The lowest BCUT2D eigenvalue weighted by Gasteiger charge is -2.30. The second kappa shape index (κ2) is 66.1. The molecular formula is C77H135N2O6P. The van der Waals surface area contributed by atoms with Gasteiger partial charge < -0.3 is 28.8 Å². The van der Waals surface area contributed by atoms with Gasteiger partial charge in [-0.25, -0.2) is 0 Å². The summed E-state index contributed by atoms with van der Waals surface area (Å²) in [5.41, 5.74) is 0. The summed E-state index contributed by atoms with van der Waals surface area (Å²) in [6.45, 7) is 4.62. The minimum absolute atomic E-state index is 0.00413. The van der Waals surface area contributed by atoms with Gasteiger partial charge in [-0.1, -0.05) is 327 Å². The number of allylic oxidation sites excluding steroid dienone is 22. The average molecular weight is 1220 g/mol. The molecule has 0 aromatic heterocycles. The lowest BCUT2D eigenvalue weighted by Crippen LogP contribution is -2.46. The summed E-state index contributed by atoms with van der Waals surface area (Å²) in [6, 6.07) is -0.817. The fourth-order valence-corrected chi connectivity index (χ4v) is 10.7. The van der Waals surface area contributed by atoms with Crippen molar-refractivity contribution >= 4 is 13.7 Å². The van der Waals surface area contributed by atoms with Crippen LogP contribution in [-0.2, 0) is 18.4 Å². The molecule has 0 aliphatic carbocycles. The topological polar surface area (TPSA) is 108 Å². The van der Waals surface area contributed by atoms with Crippen molar-refractivity contribution < 1.29 is 32.9 Å². The molecule has 9 heteroatoms. The van der Waals surface area contributed by atoms with Gasteiger partial charge in [0.25, 0.3) is 7.82 Å². The van der Waals surface area contributed by atoms with E-state index in [1.165, 1.54) is 148 Å². The van der Waals surface area contributed by atoms with Crippen LogP contribution in [0, 0.1) is 0 Å². The molecule has 494 valence electrons. The molecule has 0 rings (SSSR count). The molecule has 0 heterocycles. The van der Waals surface area contributed by atoms with Crippen LogP contribution in [0.2, 0.25) is 0 Å². The Kier molecular flexibility index (Phi) is 63.5. The van der Waals surface area contributed by atoms with Crippen molar-refractivity contribution in [2.45, 2.75) is 309 Å². The average Bonchev–Trinajstić information content (AvgIpc) is 3.70. The highest BCUT2D eigenvalue weighted by Gasteiger charge is 2.24. The number of aliphatic hydroxyl groups is 1. The highest BCUT2D eigenvalue weighted by Crippen LogP contribution is 2.38. The van der Waals surface area contributed by atoms with Gasteiger partial charge in [-0.15, -0.1) is 0 Å². The standard InChI is InChI=1S/C77H135N2O6P/c1-6-8-10-12-14-16-18-20-22-24-26-28-30-31-32-33-34-35-36-37-38-39-40-41-42-43-44-45-46-47-49-51-53-55-57-59-61-63-65-67-69-71-77(81)78-75(74-85-86(82,83)84-73-72-79(3,4)5)76(80)70-68-66-64-62-60-58-56-54-52-50-48-29-27-25-23-21-19-17-15-13-11-9-7-2/h8,10,14,16,20,22,26,28,31-32,34-35,37-38,40-41,43-44,46-47,51,53,75-76,80H,6-7,9,11-13,15,17-19,21,23-25,27,29-30,33,36,39,42,45,48-50,52,54-74H2,1-5H3,(H-,78,81,82,83)/b10-8-,16-14-,22-20-,28-26-,32-31-,35-34-,38-37-,41-40-,44-43-,47-46-,53-51-. The van der Waals surface area contributed by atoms with E-state index >= 15 is 0 Å². The number of phosphoric ester groups is 1. The van der Waals surface area contributed by atoms with Crippen LogP contribution in [0.1, 0.15) is 296 Å². The SMILES string of the molecule is CC/C=C\C/C=C\C/C=C\C/C=C\C/C=C\C/C=C\C/C=C\C/C=C\C/C=C\C/C=C\C/C=C\CCCCCCCCCC(=O)NC(COP(=O)([O-])OCC[N+](C)(C)C)C(O)CCCCCCCCCCCCCCCCCCCCCCCCC. The molecule has 2 N–H and O–H groups in total. The Morgan fingerprint density at radius 2 is 0.709 bits per heavy atom. The smallest absolute Gasteiger partial charge is 0.268 e. The van der Waals surface area contributed by atoms with Crippen LogP contribution < -0.4 is 10.2 Å². The minimum Gasteiger partial charge on any atom is -0.756 e. The van der Waals surface area contributed by atoms with E-state index < -0.39 is 20.0 Å². The number of quaternary nitrogens is 1. The number of carbonyl (C=O) groups excluding carboxylic acids is 1. The van der Waals surface area contributed by atoms with Crippen molar-refractivity contribution in [3.8, 4) is 0 Å². The first-order valence-corrected chi connectivity index (χ1v) is 37.0. The van der Waals surface area contributed by atoms with Gasteiger partial charge in [-0.05, 0) is 96.3 Å². The molecular weight excluding hydrogens is 1080 g/mol. The number of nitrogens with one attached hydrogen (secondary N) is 1. The van der Waals surface area contributed by atoms with Crippen molar-refractivity contribution in [2.24, 2.45) is 0 Å². The van der Waals surface area contributed by atoms with E-state index in [2.05, 4.69) is 153 Å². The molecule has 0 saturated carbocycles. The monoisotopic (exact) mass is 1220 g/mol. The van der Waals surface area contributed by atoms with E-state index in [4.69, 9.17) is 9.05 Å². The second-order valence-electron chi connectivity index (χ2n) is 24.9. The number of amides is 1. The molecule has 0 radical (unpaired) electrons. The third-order valence-corrected chi connectivity index (χ3v) is 16.4. The zero-order valence-corrected chi connectivity index (χ0v) is 57.4. The lowest BCUT2D eigenvalue weighted by molar-refractivity contribution is -0.870. The Balaban J connectivity index is 4.12. The van der Waals surface area contributed by atoms with Crippen LogP contribution >= 0.6 is 7.82 Å². The molecule has 0 saturated heterocycles. The van der Waals surface area contributed by atoms with Gasteiger partial charge in [0.05, 0.1) is 39.9 Å². The van der Waals surface area contributed by atoms with E-state index in [1.807, 2.05) is 21.1 Å². The number of hydrogen-bond acceptors (Lipinski definition) is 6. The third kappa shape index (κ3) is 68.1. The van der Waals surface area contributed by atoms with E-state index in [-0.39, 0.29) is 19.1 Å². The van der Waals surface area contributed by atoms with Gasteiger partial charge in [0, 0.05) is 6.42 Å². The van der Waals surface area contributed by atoms with E-state index in [0.717, 1.165) is 122 Å². The molecule has 3 atom stereocenters. The summed E-state index contributed by atoms with van der Waals surface area (Å²) >= 11 is 0. The Morgan fingerprint density at radius 3 is 1.03 bits per heavy atom. The molecule has 86 heavy (non-hydrogen) atoms. The van der Waals surface area contributed by atoms with Crippen LogP contribution in [-0.4, -0.2) is 68.5 Å². The Bertz CT molecular complexity index is 1870. The van der Waals surface area contributed by atoms with Crippen LogP contribution in [0.3, 0.4) is 0 Å². The van der Waals surface area contributed by atoms with E-state index in [0.29, 0.717) is 23.9 Å². The summed E-state index contributed by atoms with van der Waals surface area (Å²) in [5, 5.41) is 14.1. The van der Waals surface area contributed by atoms with E-state index in [9.17, 15) is 19.4 Å². The van der Waals surface area contributed by atoms with Gasteiger partial charge >= 0.3 is 0 Å². The van der Waals surface area contributed by atoms with E-state index in [1.54, 1.807) is 0 Å². The Hall–Kier alpha value is -3.36. The number of hydrogen-bond donors (Lipinski definition) is 2. The molecule has 0 aromatic rings. The molecule has 1 amide bonds. The summed E-state index contributed by atoms with van der Waals surface area (Å²) in [4.78, 5) is 25.7. The Morgan fingerprint density at radius 1 is 0.419 bits per heavy atom. The van der Waals surface area contributed by atoms with Gasteiger partial charge in [-0.2, -0.15) is 0 Å². The summed E-state index contributed by atoms with van der Waals surface area (Å²) in [7, 11) is 1.29. The highest BCUT2D eigenvalue weighted by atomic mass is 31.2. The number of unbranched alkanes of at least 4 members (excludes halogenated alkanes) is 29.